The van der Waals surface area contributed by atoms with Crippen LogP contribution in [0.4, 0.5) is 16.4 Å². The Morgan fingerprint density at radius 1 is 1.41 bits per heavy atom. The molecule has 0 saturated carbocycles. The molecule has 1 unspecified atom stereocenters. The van der Waals surface area contributed by atoms with Gasteiger partial charge in [-0.1, -0.05) is 22.0 Å². The lowest BCUT2D eigenvalue weighted by Crippen LogP contribution is -2.38. The van der Waals surface area contributed by atoms with Gasteiger partial charge in [0.25, 0.3) is 0 Å². The van der Waals surface area contributed by atoms with Crippen molar-refractivity contribution >= 4 is 39.2 Å². The second-order valence-corrected chi connectivity index (χ2v) is 7.02. The zero-order valence-corrected chi connectivity index (χ0v) is 16.9. The van der Waals surface area contributed by atoms with E-state index in [-0.39, 0.29) is 12.1 Å². The van der Waals surface area contributed by atoms with Crippen LogP contribution in [0.2, 0.25) is 0 Å². The van der Waals surface area contributed by atoms with Gasteiger partial charge >= 0.3 is 6.09 Å². The summed E-state index contributed by atoms with van der Waals surface area (Å²) in [6.45, 7) is 2.65. The fourth-order valence-electron chi connectivity index (χ4n) is 3.08. The van der Waals surface area contributed by atoms with Gasteiger partial charge in [-0.25, -0.2) is 14.8 Å². The molecule has 3 rings (SSSR count). The SMILES string of the molecule is CCOC(=O)N1CCC(c2cc(Br)ccc2N)=CC1c1cnc(NC)nc1. The van der Waals surface area contributed by atoms with Crippen LogP contribution in [0, 0.1) is 0 Å². The van der Waals surface area contributed by atoms with Crippen molar-refractivity contribution in [2.75, 3.05) is 31.2 Å². The average Bonchev–Trinajstić information content (AvgIpc) is 2.69. The Morgan fingerprint density at radius 3 is 2.81 bits per heavy atom. The topological polar surface area (TPSA) is 93.4 Å². The van der Waals surface area contributed by atoms with Gasteiger partial charge < -0.3 is 15.8 Å². The van der Waals surface area contributed by atoms with E-state index in [1.807, 2.05) is 24.3 Å². The molecule has 0 saturated heterocycles. The molecule has 8 heteroatoms. The predicted octanol–water partition coefficient (Wildman–Crippen LogP) is 3.85. The number of nitrogens with zero attached hydrogens (tertiary/aromatic N) is 3. The van der Waals surface area contributed by atoms with Crippen molar-refractivity contribution in [3.63, 3.8) is 0 Å². The summed E-state index contributed by atoms with van der Waals surface area (Å²) < 4.78 is 6.19. The third kappa shape index (κ3) is 4.21. The van der Waals surface area contributed by atoms with Crippen LogP contribution in [0.25, 0.3) is 5.57 Å². The number of hydrogen-bond donors (Lipinski definition) is 2. The molecule has 0 bridgehead atoms. The second kappa shape index (κ2) is 8.39. The summed E-state index contributed by atoms with van der Waals surface area (Å²) in [6, 6.07) is 5.46. The molecule has 0 spiro atoms. The molecule has 1 amide bonds. The summed E-state index contributed by atoms with van der Waals surface area (Å²) in [5.74, 6) is 0.526. The van der Waals surface area contributed by atoms with Gasteiger partial charge in [0, 0.05) is 47.3 Å². The Labute approximate surface area is 166 Å². The minimum absolute atomic E-state index is 0.322. The van der Waals surface area contributed by atoms with E-state index in [9.17, 15) is 4.79 Å². The highest BCUT2D eigenvalue weighted by Gasteiger charge is 2.30. The number of nitrogens with two attached hydrogens (primary N) is 1. The van der Waals surface area contributed by atoms with Crippen molar-refractivity contribution in [2.45, 2.75) is 19.4 Å². The van der Waals surface area contributed by atoms with Gasteiger partial charge in [-0.05, 0) is 37.1 Å². The molecule has 1 atom stereocenters. The molecule has 1 aliphatic heterocycles. The van der Waals surface area contributed by atoms with Crippen LogP contribution in [0.15, 0.2) is 41.1 Å². The van der Waals surface area contributed by atoms with Crippen molar-refractivity contribution in [3.05, 3.63) is 52.3 Å². The molecule has 2 heterocycles. The van der Waals surface area contributed by atoms with Crippen molar-refractivity contribution < 1.29 is 9.53 Å². The van der Waals surface area contributed by atoms with E-state index in [0.29, 0.717) is 31.2 Å². The van der Waals surface area contributed by atoms with Crippen LogP contribution >= 0.6 is 15.9 Å². The lowest BCUT2D eigenvalue weighted by molar-refractivity contribution is 0.0967. The second-order valence-electron chi connectivity index (χ2n) is 6.10. The Morgan fingerprint density at radius 2 is 2.15 bits per heavy atom. The van der Waals surface area contributed by atoms with Crippen LogP contribution in [0.5, 0.6) is 0 Å². The van der Waals surface area contributed by atoms with E-state index in [0.717, 1.165) is 21.2 Å². The highest BCUT2D eigenvalue weighted by atomic mass is 79.9. The number of ether oxygens (including phenoxy) is 1. The molecule has 1 aliphatic rings. The molecular formula is C19H22BrN5O2. The van der Waals surface area contributed by atoms with E-state index in [4.69, 9.17) is 10.5 Å². The van der Waals surface area contributed by atoms with Crippen LogP contribution in [-0.4, -0.2) is 41.2 Å². The Hall–Kier alpha value is -2.61. The van der Waals surface area contributed by atoms with Gasteiger partial charge in [0.1, 0.15) is 0 Å². The molecule has 1 aromatic heterocycles. The third-order valence-corrected chi connectivity index (χ3v) is 4.91. The maximum Gasteiger partial charge on any atom is 0.410 e. The summed E-state index contributed by atoms with van der Waals surface area (Å²) in [5, 5.41) is 2.90. The summed E-state index contributed by atoms with van der Waals surface area (Å²) in [6.07, 6.45) is 5.82. The number of carbonyl (C=O) groups is 1. The van der Waals surface area contributed by atoms with Gasteiger partial charge in [-0.15, -0.1) is 0 Å². The molecule has 0 aliphatic carbocycles. The Bertz CT molecular complexity index is 854. The number of carbonyl (C=O) groups excluding carboxylic acids is 1. The zero-order chi connectivity index (χ0) is 19.4. The number of benzene rings is 1. The molecule has 1 aromatic carbocycles. The smallest absolute Gasteiger partial charge is 0.410 e. The van der Waals surface area contributed by atoms with Crippen molar-refractivity contribution in [1.29, 1.82) is 0 Å². The lowest BCUT2D eigenvalue weighted by Gasteiger charge is -2.34. The van der Waals surface area contributed by atoms with Gasteiger partial charge in [-0.2, -0.15) is 0 Å². The summed E-state index contributed by atoms with van der Waals surface area (Å²) in [4.78, 5) is 22.7. The van der Waals surface area contributed by atoms with E-state index in [1.54, 1.807) is 31.3 Å². The van der Waals surface area contributed by atoms with E-state index in [1.165, 1.54) is 0 Å². The number of nitrogen functional groups attached to an aromatic ring is 1. The third-order valence-electron chi connectivity index (χ3n) is 4.42. The quantitative estimate of drug-likeness (QED) is 0.713. The fourth-order valence-corrected chi connectivity index (χ4v) is 3.44. The maximum atomic E-state index is 12.5. The monoisotopic (exact) mass is 431 g/mol. The summed E-state index contributed by atoms with van der Waals surface area (Å²) >= 11 is 3.50. The number of amides is 1. The first kappa shape index (κ1) is 19.2. The number of rotatable bonds is 4. The molecule has 27 heavy (non-hydrogen) atoms. The van der Waals surface area contributed by atoms with E-state index < -0.39 is 0 Å². The van der Waals surface area contributed by atoms with Gasteiger partial charge in [0.2, 0.25) is 5.95 Å². The summed E-state index contributed by atoms with van der Waals surface area (Å²) in [5.41, 5.74) is 9.74. The number of aromatic nitrogens is 2. The fraction of sp³-hybridized carbons (Fsp3) is 0.316. The first-order valence-electron chi connectivity index (χ1n) is 8.72. The van der Waals surface area contributed by atoms with Crippen molar-refractivity contribution in [1.82, 2.24) is 14.9 Å². The molecule has 7 nitrogen and oxygen atoms in total. The number of anilines is 2. The van der Waals surface area contributed by atoms with E-state index >= 15 is 0 Å². The van der Waals surface area contributed by atoms with Gasteiger partial charge in [0.15, 0.2) is 0 Å². The average molecular weight is 432 g/mol. The van der Waals surface area contributed by atoms with E-state index in [2.05, 4.69) is 31.2 Å². The largest absolute Gasteiger partial charge is 0.450 e. The van der Waals surface area contributed by atoms with Crippen LogP contribution in [0.1, 0.15) is 30.5 Å². The summed E-state index contributed by atoms with van der Waals surface area (Å²) in [7, 11) is 1.76. The first-order chi connectivity index (χ1) is 13.0. The standard InChI is InChI=1S/C19H22BrN5O2/c1-3-27-19(26)25-7-6-12(15-9-14(20)4-5-16(15)21)8-17(25)13-10-23-18(22-2)24-11-13/h4-5,8-11,17H,3,6-7,21H2,1-2H3,(H,22,23,24). The number of nitrogens with one attached hydrogen (secondary N) is 1. The van der Waals surface area contributed by atoms with Crippen LogP contribution in [0.3, 0.4) is 0 Å². The van der Waals surface area contributed by atoms with Gasteiger partial charge in [0.05, 0.1) is 12.6 Å². The minimum atomic E-state index is -0.349. The number of halogens is 1. The molecule has 0 fully saturated rings. The molecule has 142 valence electrons. The van der Waals surface area contributed by atoms with Gasteiger partial charge in [-0.3, -0.25) is 4.90 Å². The molecule has 0 radical (unpaired) electrons. The predicted molar refractivity (Wildman–Crippen MR) is 109 cm³/mol. The van der Waals surface area contributed by atoms with Crippen LogP contribution in [-0.2, 0) is 4.74 Å². The molecule has 3 N–H and O–H groups in total. The normalized spacial score (nSPS) is 16.6. The zero-order valence-electron chi connectivity index (χ0n) is 15.3. The van der Waals surface area contributed by atoms with Crippen molar-refractivity contribution in [3.8, 4) is 0 Å². The molecular weight excluding hydrogens is 410 g/mol. The highest BCUT2D eigenvalue weighted by molar-refractivity contribution is 9.10. The van der Waals surface area contributed by atoms with Crippen LogP contribution < -0.4 is 11.1 Å². The first-order valence-corrected chi connectivity index (χ1v) is 9.52. The molecule has 2 aromatic rings. The highest BCUT2D eigenvalue weighted by Crippen LogP contribution is 2.36. The Kier molecular flexibility index (Phi) is 5.95. The number of hydrogen-bond acceptors (Lipinski definition) is 6. The minimum Gasteiger partial charge on any atom is -0.450 e. The Balaban J connectivity index is 2.02. The van der Waals surface area contributed by atoms with Crippen molar-refractivity contribution in [2.24, 2.45) is 0 Å². The lowest BCUT2D eigenvalue weighted by atomic mass is 9.92. The maximum absolute atomic E-state index is 12.5.